The van der Waals surface area contributed by atoms with E-state index in [2.05, 4.69) is 18.1 Å². The molecule has 1 aromatic rings. The highest BCUT2D eigenvalue weighted by atomic mass is 32.2. The second-order valence-electron chi connectivity index (χ2n) is 4.78. The van der Waals surface area contributed by atoms with E-state index in [0.717, 1.165) is 16.3 Å². The van der Waals surface area contributed by atoms with Crippen LogP contribution in [0.15, 0.2) is 17.1 Å². The van der Waals surface area contributed by atoms with E-state index in [1.165, 1.54) is 12.3 Å². The fraction of sp³-hybridized carbons (Fsp3) is 0.500. The standard InChI is InChI=1S/C8H14N3O12P3S/c9-5-1-2-11(8(12)10-5)6-4-27-7(21-6)3-20-25(16,17)23-26(18,19)22-24(13,14)15/h1-2,6-7H,3-4H2,(H,16,17)(H,18,19)(H2,9,10,12)(H2,13,14,15)/t6-,7-/m1/s1. The van der Waals surface area contributed by atoms with E-state index in [0.29, 0.717) is 0 Å². The molecule has 0 aliphatic carbocycles. The van der Waals surface area contributed by atoms with Crippen LogP contribution < -0.4 is 11.4 Å². The summed E-state index contributed by atoms with van der Waals surface area (Å²) in [5, 5.41) is 0. The number of nitrogens with zero attached hydrogens (tertiary/aromatic N) is 2. The average Bonchev–Trinajstić information content (AvgIpc) is 2.90. The predicted octanol–water partition coefficient (Wildman–Crippen LogP) is -0.243. The first-order valence-corrected chi connectivity index (χ1v) is 12.2. The molecule has 2 unspecified atom stereocenters. The molecule has 0 aromatic carbocycles. The van der Waals surface area contributed by atoms with E-state index in [1.807, 2.05) is 0 Å². The van der Waals surface area contributed by atoms with E-state index in [1.54, 1.807) is 0 Å². The van der Waals surface area contributed by atoms with Gasteiger partial charge < -0.3 is 30.0 Å². The smallest absolute Gasteiger partial charge is 0.383 e. The quantitative estimate of drug-likeness (QED) is 0.309. The van der Waals surface area contributed by atoms with E-state index in [-0.39, 0.29) is 11.6 Å². The van der Waals surface area contributed by atoms with Crippen molar-refractivity contribution in [3.8, 4) is 0 Å². The van der Waals surface area contributed by atoms with Crippen LogP contribution >= 0.6 is 35.2 Å². The van der Waals surface area contributed by atoms with Gasteiger partial charge in [0.25, 0.3) is 0 Å². The van der Waals surface area contributed by atoms with Crippen molar-refractivity contribution in [3.63, 3.8) is 0 Å². The van der Waals surface area contributed by atoms with Gasteiger partial charge >= 0.3 is 29.2 Å². The van der Waals surface area contributed by atoms with Crippen LogP contribution in [-0.4, -0.2) is 46.9 Å². The van der Waals surface area contributed by atoms with Crippen LogP contribution in [0.5, 0.6) is 0 Å². The van der Waals surface area contributed by atoms with Gasteiger partial charge in [0.1, 0.15) is 17.5 Å². The number of phosphoric ester groups is 1. The average molecular weight is 469 g/mol. The Kier molecular flexibility index (Phi) is 7.07. The summed E-state index contributed by atoms with van der Waals surface area (Å²) in [6.07, 6.45) is 0.575. The minimum atomic E-state index is -5.58. The SMILES string of the molecule is Nc1ccn([C@H]2CS[C@H](COP(=O)(O)OP(=O)(O)OP(=O)(O)O)O2)c(=O)n1. The summed E-state index contributed by atoms with van der Waals surface area (Å²) in [7, 11) is -16.3. The zero-order chi connectivity index (χ0) is 20.5. The highest BCUT2D eigenvalue weighted by Crippen LogP contribution is 2.66. The Balaban J connectivity index is 1.91. The topological polar surface area (TPSA) is 230 Å². The summed E-state index contributed by atoms with van der Waals surface area (Å²) >= 11 is 1.09. The van der Waals surface area contributed by atoms with Gasteiger partial charge in [0.15, 0.2) is 0 Å². The lowest BCUT2D eigenvalue weighted by atomic mass is 10.5. The highest BCUT2D eigenvalue weighted by Gasteiger charge is 2.41. The molecule has 0 radical (unpaired) electrons. The number of hydrogen-bond donors (Lipinski definition) is 5. The van der Waals surface area contributed by atoms with Crippen LogP contribution in [0.2, 0.25) is 0 Å². The third-order valence-corrected chi connectivity index (χ3v) is 7.58. The summed E-state index contributed by atoms with van der Waals surface area (Å²) in [6, 6.07) is 1.37. The second-order valence-corrected chi connectivity index (χ2v) is 10.4. The van der Waals surface area contributed by atoms with Crippen molar-refractivity contribution in [2.75, 3.05) is 18.1 Å². The molecule has 1 aliphatic heterocycles. The molecule has 4 atom stereocenters. The van der Waals surface area contributed by atoms with Crippen molar-refractivity contribution in [2.24, 2.45) is 0 Å². The van der Waals surface area contributed by atoms with Crippen molar-refractivity contribution < 1.29 is 51.2 Å². The lowest BCUT2D eigenvalue weighted by Crippen LogP contribution is -2.28. The number of nitrogens with two attached hydrogens (primary N) is 1. The fourth-order valence-corrected chi connectivity index (χ4v) is 5.89. The molecule has 0 amide bonds. The van der Waals surface area contributed by atoms with E-state index >= 15 is 0 Å². The van der Waals surface area contributed by atoms with Gasteiger partial charge in [0, 0.05) is 11.9 Å². The molecule has 27 heavy (non-hydrogen) atoms. The van der Waals surface area contributed by atoms with Gasteiger partial charge in [-0.15, -0.1) is 11.8 Å². The largest absolute Gasteiger partial charge is 0.490 e. The number of thioether (sulfide) groups is 1. The summed E-state index contributed by atoms with van der Waals surface area (Å²) in [5.41, 5.74) is 3.83. The number of aromatic nitrogens is 2. The molecule has 2 rings (SSSR count). The van der Waals surface area contributed by atoms with Crippen molar-refractivity contribution in [3.05, 3.63) is 22.7 Å². The zero-order valence-electron chi connectivity index (χ0n) is 13.0. The minimum Gasteiger partial charge on any atom is -0.383 e. The second kappa shape index (κ2) is 8.41. The molecule has 19 heteroatoms. The van der Waals surface area contributed by atoms with Gasteiger partial charge in [-0.2, -0.15) is 13.6 Å². The third kappa shape index (κ3) is 7.38. The maximum absolute atomic E-state index is 11.7. The van der Waals surface area contributed by atoms with Crippen LogP contribution in [0, 0.1) is 0 Å². The molecule has 0 bridgehead atoms. The number of phosphoric acid groups is 3. The predicted molar refractivity (Wildman–Crippen MR) is 89.1 cm³/mol. The maximum Gasteiger partial charge on any atom is 0.490 e. The number of ether oxygens (including phenoxy) is 1. The Morgan fingerprint density at radius 2 is 1.93 bits per heavy atom. The third-order valence-electron chi connectivity index (χ3n) is 2.69. The molecule has 1 aromatic heterocycles. The highest BCUT2D eigenvalue weighted by molar-refractivity contribution is 8.00. The van der Waals surface area contributed by atoms with Gasteiger partial charge in [-0.1, -0.05) is 0 Å². The van der Waals surface area contributed by atoms with Crippen LogP contribution in [0.4, 0.5) is 5.82 Å². The molecule has 2 heterocycles. The van der Waals surface area contributed by atoms with Crippen LogP contribution in [0.25, 0.3) is 0 Å². The first-order chi connectivity index (χ1) is 12.3. The van der Waals surface area contributed by atoms with Crippen molar-refractivity contribution >= 4 is 41.0 Å². The number of anilines is 1. The number of nitrogen functional groups attached to an aromatic ring is 1. The lowest BCUT2D eigenvalue weighted by Gasteiger charge is -2.18. The maximum atomic E-state index is 11.7. The fourth-order valence-electron chi connectivity index (χ4n) is 1.78. The number of hydrogen-bond acceptors (Lipinski definition) is 11. The molecule has 15 nitrogen and oxygen atoms in total. The Morgan fingerprint density at radius 3 is 2.52 bits per heavy atom. The monoisotopic (exact) mass is 469 g/mol. The minimum absolute atomic E-state index is 0.0195. The number of rotatable bonds is 8. The summed E-state index contributed by atoms with van der Waals surface area (Å²) < 4.78 is 51.5. The van der Waals surface area contributed by atoms with Crippen molar-refractivity contribution in [1.29, 1.82) is 0 Å². The summed E-state index contributed by atoms with van der Waals surface area (Å²) in [5.74, 6) is 0.266. The van der Waals surface area contributed by atoms with E-state index in [4.69, 9.17) is 25.2 Å². The summed E-state index contributed by atoms with van der Waals surface area (Å²) in [6.45, 7) is -0.623. The van der Waals surface area contributed by atoms with Crippen molar-refractivity contribution in [1.82, 2.24) is 9.55 Å². The van der Waals surface area contributed by atoms with Gasteiger partial charge in [-0.25, -0.2) is 18.5 Å². The molecule has 1 fully saturated rings. The Labute approximate surface area is 154 Å². The zero-order valence-corrected chi connectivity index (χ0v) is 16.5. The molecule has 0 saturated carbocycles. The van der Waals surface area contributed by atoms with E-state index < -0.39 is 47.4 Å². The van der Waals surface area contributed by atoms with Crippen LogP contribution in [0.3, 0.4) is 0 Å². The van der Waals surface area contributed by atoms with Gasteiger partial charge in [-0.3, -0.25) is 9.09 Å². The molecule has 0 spiro atoms. The Morgan fingerprint density at radius 1 is 1.26 bits per heavy atom. The van der Waals surface area contributed by atoms with Crippen molar-refractivity contribution in [2.45, 2.75) is 11.7 Å². The van der Waals surface area contributed by atoms with Crippen LogP contribution in [0.1, 0.15) is 6.23 Å². The van der Waals surface area contributed by atoms with E-state index in [9.17, 15) is 23.4 Å². The Bertz CT molecular complexity index is 887. The molecule has 1 aliphatic rings. The molecule has 6 N–H and O–H groups in total. The normalized spacial score (nSPS) is 25.0. The molecule has 154 valence electrons. The Hall–Kier alpha value is -0.600. The molecular weight excluding hydrogens is 455 g/mol. The van der Waals surface area contributed by atoms with Gasteiger partial charge in [0.2, 0.25) is 0 Å². The molecular formula is C8H14N3O12P3S. The first kappa shape index (κ1) is 22.7. The summed E-state index contributed by atoms with van der Waals surface area (Å²) in [4.78, 5) is 50.5. The molecule has 1 saturated heterocycles. The lowest BCUT2D eigenvalue weighted by molar-refractivity contribution is -0.00646. The van der Waals surface area contributed by atoms with Gasteiger partial charge in [-0.05, 0) is 6.07 Å². The van der Waals surface area contributed by atoms with Crippen LogP contribution in [-0.2, 0) is 31.6 Å². The first-order valence-electron chi connectivity index (χ1n) is 6.66. The van der Waals surface area contributed by atoms with Gasteiger partial charge in [0.05, 0.1) is 6.61 Å².